The van der Waals surface area contributed by atoms with Gasteiger partial charge in [-0.2, -0.15) is 0 Å². The number of nitrogens with zero attached hydrogens (tertiary/aromatic N) is 1. The number of aromatic amines is 1. The molecule has 1 atom stereocenters. The van der Waals surface area contributed by atoms with E-state index in [9.17, 15) is 4.79 Å². The highest BCUT2D eigenvalue weighted by Gasteiger charge is 2.26. The number of methoxy groups -OCH3 is 1. The molecule has 1 unspecified atom stereocenters. The van der Waals surface area contributed by atoms with Crippen LogP contribution >= 0.6 is 0 Å². The molecule has 0 radical (unpaired) electrons. The van der Waals surface area contributed by atoms with Gasteiger partial charge in [-0.25, -0.2) is 8.78 Å². The zero-order valence-corrected chi connectivity index (χ0v) is 19.7. The third kappa shape index (κ3) is 5.60. The van der Waals surface area contributed by atoms with Crippen molar-refractivity contribution in [1.82, 2.24) is 15.2 Å². The molecule has 34 heavy (non-hydrogen) atoms. The van der Waals surface area contributed by atoms with Crippen molar-refractivity contribution in [3.05, 3.63) is 58.7 Å². The highest BCUT2D eigenvalue weighted by atomic mass is 19.1. The van der Waals surface area contributed by atoms with Crippen molar-refractivity contribution in [2.75, 3.05) is 40.9 Å². The van der Waals surface area contributed by atoms with E-state index >= 15 is 8.78 Å². The van der Waals surface area contributed by atoms with Crippen molar-refractivity contribution in [3.8, 4) is 11.3 Å². The Hall–Kier alpha value is -3.30. The number of rotatable bonds is 5. The maximum Gasteiger partial charge on any atom is 0.292 e. The molecular formula is C25H29F2N3O4. The summed E-state index contributed by atoms with van der Waals surface area (Å²) < 4.78 is 39.9. The van der Waals surface area contributed by atoms with Crippen molar-refractivity contribution < 1.29 is 27.8 Å². The van der Waals surface area contributed by atoms with Gasteiger partial charge >= 0.3 is 0 Å². The standard InChI is InChI=1S/C23H25F2N3O2.C2H4O2/c1-13-4-5-16-17(11-15-12-28(3)6-7-30-15)22(27-20(16)8-13)21-18(24)9-14(10-19(21)25)23(29)26-2;1-4-2-3/h4-5,8-10,15,27H,6-7,11-12H2,1-3H3,(H,26,29);2H,1H3. The summed E-state index contributed by atoms with van der Waals surface area (Å²) in [7, 11) is 4.77. The number of ether oxygens (including phenoxy) is 2. The molecule has 0 aliphatic carbocycles. The third-order valence-electron chi connectivity index (χ3n) is 5.71. The minimum absolute atomic E-state index is 0.0537. The number of nitrogens with one attached hydrogen (secondary N) is 2. The molecule has 7 nitrogen and oxygen atoms in total. The molecule has 1 aliphatic heterocycles. The van der Waals surface area contributed by atoms with E-state index in [4.69, 9.17) is 9.53 Å². The van der Waals surface area contributed by atoms with E-state index in [1.54, 1.807) is 0 Å². The van der Waals surface area contributed by atoms with E-state index in [0.717, 1.165) is 47.3 Å². The second kappa shape index (κ2) is 11.2. The molecule has 2 heterocycles. The Balaban J connectivity index is 0.000000751. The first-order valence-corrected chi connectivity index (χ1v) is 10.9. The average molecular weight is 474 g/mol. The van der Waals surface area contributed by atoms with Crippen LogP contribution in [0.5, 0.6) is 0 Å². The van der Waals surface area contributed by atoms with Crippen molar-refractivity contribution >= 4 is 23.3 Å². The van der Waals surface area contributed by atoms with Gasteiger partial charge in [0.25, 0.3) is 12.4 Å². The zero-order valence-electron chi connectivity index (χ0n) is 19.7. The number of likely N-dealkylation sites (N-methyl/N-ethyl adjacent to an activating group) is 1. The predicted octanol–water partition coefficient (Wildman–Crippen LogP) is 3.44. The monoisotopic (exact) mass is 473 g/mol. The first kappa shape index (κ1) is 25.3. The van der Waals surface area contributed by atoms with Gasteiger partial charge in [0.1, 0.15) is 11.6 Å². The molecule has 3 aromatic rings. The maximum atomic E-state index is 15.0. The molecule has 0 saturated carbocycles. The summed E-state index contributed by atoms with van der Waals surface area (Å²) >= 11 is 0. The van der Waals surface area contributed by atoms with Gasteiger partial charge in [0.15, 0.2) is 0 Å². The number of amides is 1. The SMILES string of the molecule is CNC(=O)c1cc(F)c(-c2[nH]c3cc(C)ccc3c2CC2CN(C)CCO2)c(F)c1.COC=O. The summed E-state index contributed by atoms with van der Waals surface area (Å²) in [4.78, 5) is 26.2. The van der Waals surface area contributed by atoms with Crippen molar-refractivity contribution in [1.29, 1.82) is 0 Å². The molecule has 1 amide bonds. The van der Waals surface area contributed by atoms with Gasteiger partial charge in [-0.3, -0.25) is 9.59 Å². The third-order valence-corrected chi connectivity index (χ3v) is 5.71. The lowest BCUT2D eigenvalue weighted by Gasteiger charge is -2.30. The van der Waals surface area contributed by atoms with Gasteiger partial charge in [0, 0.05) is 43.0 Å². The smallest absolute Gasteiger partial charge is 0.292 e. The average Bonchev–Trinajstić information content (AvgIpc) is 3.14. The van der Waals surface area contributed by atoms with Crippen molar-refractivity contribution in [2.24, 2.45) is 0 Å². The molecule has 182 valence electrons. The number of carbonyl (C=O) groups is 2. The Bertz CT molecular complexity index is 1160. The molecular weight excluding hydrogens is 444 g/mol. The number of hydrogen-bond donors (Lipinski definition) is 2. The Kier molecular flexibility index (Phi) is 8.36. The lowest BCUT2D eigenvalue weighted by molar-refractivity contribution is -0.126. The fraction of sp³-hybridized carbons (Fsp3) is 0.360. The summed E-state index contributed by atoms with van der Waals surface area (Å²) in [5.41, 5.74) is 2.86. The van der Waals surface area contributed by atoms with Crippen LogP contribution in [0.2, 0.25) is 0 Å². The lowest BCUT2D eigenvalue weighted by atomic mass is 9.97. The maximum absolute atomic E-state index is 15.0. The predicted molar refractivity (Wildman–Crippen MR) is 126 cm³/mol. The Morgan fingerprint density at radius 3 is 2.56 bits per heavy atom. The molecule has 2 N–H and O–H groups in total. The fourth-order valence-electron chi connectivity index (χ4n) is 4.10. The number of hydrogen-bond acceptors (Lipinski definition) is 5. The van der Waals surface area contributed by atoms with Crippen LogP contribution in [0, 0.1) is 18.6 Å². The second-order valence-corrected chi connectivity index (χ2v) is 8.21. The van der Waals surface area contributed by atoms with Gasteiger partial charge in [0.05, 0.1) is 31.1 Å². The van der Waals surface area contributed by atoms with E-state index < -0.39 is 17.5 Å². The molecule has 4 rings (SSSR count). The van der Waals surface area contributed by atoms with E-state index in [-0.39, 0.29) is 17.2 Å². The Morgan fingerprint density at radius 2 is 1.97 bits per heavy atom. The van der Waals surface area contributed by atoms with Crippen LogP contribution in [0.4, 0.5) is 8.78 Å². The Labute approximate surface area is 197 Å². The summed E-state index contributed by atoms with van der Waals surface area (Å²) in [5, 5.41) is 3.31. The molecule has 1 saturated heterocycles. The first-order valence-electron chi connectivity index (χ1n) is 10.9. The lowest BCUT2D eigenvalue weighted by Crippen LogP contribution is -2.41. The number of halogens is 2. The van der Waals surface area contributed by atoms with Crippen LogP contribution in [-0.4, -0.2) is 69.3 Å². The largest absolute Gasteiger partial charge is 0.471 e. The van der Waals surface area contributed by atoms with Crippen LogP contribution in [0.1, 0.15) is 21.5 Å². The topological polar surface area (TPSA) is 83.7 Å². The quantitative estimate of drug-likeness (QED) is 0.555. The summed E-state index contributed by atoms with van der Waals surface area (Å²) in [5.74, 6) is -2.09. The van der Waals surface area contributed by atoms with Gasteiger partial charge in [0.2, 0.25) is 0 Å². The highest BCUT2D eigenvalue weighted by molar-refractivity contribution is 5.95. The van der Waals surface area contributed by atoms with Gasteiger partial charge in [-0.15, -0.1) is 0 Å². The minimum atomic E-state index is -0.778. The van der Waals surface area contributed by atoms with Crippen LogP contribution in [0.15, 0.2) is 30.3 Å². The van der Waals surface area contributed by atoms with Crippen molar-refractivity contribution in [3.63, 3.8) is 0 Å². The highest BCUT2D eigenvalue weighted by Crippen LogP contribution is 2.36. The zero-order chi connectivity index (χ0) is 24.8. The molecule has 1 aromatic heterocycles. The summed E-state index contributed by atoms with van der Waals surface area (Å²) in [6, 6.07) is 8.07. The van der Waals surface area contributed by atoms with Crippen LogP contribution in [-0.2, 0) is 20.7 Å². The van der Waals surface area contributed by atoms with E-state index in [2.05, 4.69) is 19.9 Å². The number of aryl methyl sites for hydroxylation is 1. The minimum Gasteiger partial charge on any atom is -0.471 e. The van der Waals surface area contributed by atoms with Crippen LogP contribution < -0.4 is 5.32 Å². The molecule has 0 bridgehead atoms. The first-order chi connectivity index (χ1) is 16.3. The summed E-state index contributed by atoms with van der Waals surface area (Å²) in [6.07, 6.45) is 0.456. The van der Waals surface area contributed by atoms with E-state index in [1.165, 1.54) is 14.2 Å². The molecule has 9 heteroatoms. The van der Waals surface area contributed by atoms with Gasteiger partial charge in [-0.1, -0.05) is 12.1 Å². The van der Waals surface area contributed by atoms with Crippen LogP contribution in [0.3, 0.4) is 0 Å². The number of carbonyl (C=O) groups excluding carboxylic acids is 2. The molecule has 1 aliphatic rings. The Morgan fingerprint density at radius 1 is 1.29 bits per heavy atom. The molecule has 0 spiro atoms. The van der Waals surface area contributed by atoms with Crippen molar-refractivity contribution in [2.45, 2.75) is 19.4 Å². The van der Waals surface area contributed by atoms with Gasteiger partial charge < -0.3 is 24.7 Å². The summed E-state index contributed by atoms with van der Waals surface area (Å²) in [6.45, 7) is 4.58. The van der Waals surface area contributed by atoms with E-state index in [0.29, 0.717) is 25.2 Å². The van der Waals surface area contributed by atoms with Crippen LogP contribution in [0.25, 0.3) is 22.2 Å². The van der Waals surface area contributed by atoms with Gasteiger partial charge in [-0.05, 0) is 43.3 Å². The second-order valence-electron chi connectivity index (χ2n) is 8.21. The number of benzene rings is 2. The van der Waals surface area contributed by atoms with E-state index in [1.807, 2.05) is 32.2 Å². The number of fused-ring (bicyclic) bond motifs is 1. The number of morpholine rings is 1. The number of aromatic nitrogens is 1. The normalized spacial score (nSPS) is 16.0. The molecule has 2 aromatic carbocycles. The fourth-order valence-corrected chi connectivity index (χ4v) is 4.10. The number of H-pyrrole nitrogens is 1. The molecule has 1 fully saturated rings.